The summed E-state index contributed by atoms with van der Waals surface area (Å²) in [7, 11) is 0. The summed E-state index contributed by atoms with van der Waals surface area (Å²) in [5.74, 6) is 0.218. The molecule has 0 aromatic heterocycles. The number of hydrazine groups is 1. The highest BCUT2D eigenvalue weighted by molar-refractivity contribution is 5.78. The number of carbonyl (C=O) groups is 1. The van der Waals surface area contributed by atoms with Crippen LogP contribution in [0.1, 0.15) is 12.8 Å². The third kappa shape index (κ3) is 1.20. The van der Waals surface area contributed by atoms with E-state index in [-0.39, 0.29) is 5.91 Å². The second kappa shape index (κ2) is 2.97. The van der Waals surface area contributed by atoms with Crippen molar-refractivity contribution in [1.82, 2.24) is 10.0 Å². The summed E-state index contributed by atoms with van der Waals surface area (Å²) in [5.41, 5.74) is 0. The minimum absolute atomic E-state index is 0.218. The first-order valence-electron chi connectivity index (χ1n) is 4.13. The molecule has 64 valence electrons. The van der Waals surface area contributed by atoms with Crippen molar-refractivity contribution in [2.45, 2.75) is 12.8 Å². The summed E-state index contributed by atoms with van der Waals surface area (Å²) in [6, 6.07) is 0. The van der Waals surface area contributed by atoms with Crippen LogP contribution in [0.2, 0.25) is 0 Å². The summed E-state index contributed by atoms with van der Waals surface area (Å²) in [4.78, 5) is 15.2. The molecule has 0 N–H and O–H groups in total. The highest BCUT2D eigenvalue weighted by atomic mass is 16.2. The molecule has 1 saturated heterocycles. The van der Waals surface area contributed by atoms with Crippen LogP contribution >= 0.6 is 0 Å². The lowest BCUT2D eigenvalue weighted by atomic mass is 10.4. The van der Waals surface area contributed by atoms with Gasteiger partial charge >= 0.3 is 0 Å². The maximum Gasteiger partial charge on any atom is 0.241 e. The van der Waals surface area contributed by atoms with Gasteiger partial charge in [0.05, 0.1) is 6.54 Å². The number of nitrogens with zero attached hydrogens (tertiary/aromatic N) is 3. The van der Waals surface area contributed by atoms with Crippen molar-refractivity contribution in [1.29, 1.82) is 0 Å². The molecule has 0 aliphatic carbocycles. The summed E-state index contributed by atoms with van der Waals surface area (Å²) < 4.78 is 0. The highest BCUT2D eigenvalue weighted by Gasteiger charge is 2.24. The van der Waals surface area contributed by atoms with E-state index in [1.54, 1.807) is 17.4 Å². The lowest BCUT2D eigenvalue weighted by Gasteiger charge is -2.29. The van der Waals surface area contributed by atoms with E-state index >= 15 is 0 Å². The fraction of sp³-hybridized carbons (Fsp3) is 0.500. The van der Waals surface area contributed by atoms with Crippen LogP contribution in [0, 0.1) is 0 Å². The lowest BCUT2D eigenvalue weighted by Crippen LogP contribution is -2.41. The maximum atomic E-state index is 11.3. The van der Waals surface area contributed by atoms with E-state index in [0.717, 1.165) is 13.0 Å². The van der Waals surface area contributed by atoms with E-state index in [0.29, 0.717) is 13.0 Å². The Kier molecular flexibility index (Phi) is 1.81. The Labute approximate surface area is 71.1 Å². The minimum atomic E-state index is 0.218. The maximum absolute atomic E-state index is 11.3. The molecular weight excluding hydrogens is 154 g/mol. The van der Waals surface area contributed by atoms with E-state index in [2.05, 4.69) is 4.99 Å². The lowest BCUT2D eigenvalue weighted by molar-refractivity contribution is -0.138. The Bertz CT molecular complexity index is 247. The summed E-state index contributed by atoms with van der Waals surface area (Å²) in [6.07, 6.45) is 6.99. The quantitative estimate of drug-likeness (QED) is 0.563. The van der Waals surface area contributed by atoms with Gasteiger partial charge in [-0.15, -0.1) is 0 Å². The van der Waals surface area contributed by atoms with Gasteiger partial charge in [-0.2, -0.15) is 0 Å². The zero-order valence-corrected chi connectivity index (χ0v) is 6.81. The number of aliphatic imine (C=N–C) groups is 1. The van der Waals surface area contributed by atoms with Crippen LogP contribution in [0.3, 0.4) is 0 Å². The monoisotopic (exact) mass is 165 g/mol. The molecule has 4 nitrogen and oxygen atoms in total. The molecule has 1 amide bonds. The standard InChI is InChI=1S/C8H11N3O/c12-8-2-1-5-11(8)10-6-3-9-4-7-10/h3-4,6H,1-2,5,7H2. The third-order valence-electron chi connectivity index (χ3n) is 2.06. The van der Waals surface area contributed by atoms with Crippen LogP contribution in [0.5, 0.6) is 0 Å². The summed E-state index contributed by atoms with van der Waals surface area (Å²) >= 11 is 0. The second-order valence-electron chi connectivity index (χ2n) is 2.87. The Morgan fingerprint density at radius 2 is 2.42 bits per heavy atom. The third-order valence-corrected chi connectivity index (χ3v) is 2.06. The van der Waals surface area contributed by atoms with Crippen molar-refractivity contribution in [3.05, 3.63) is 12.4 Å². The summed E-state index contributed by atoms with van der Waals surface area (Å²) in [6.45, 7) is 1.55. The number of amides is 1. The Hall–Kier alpha value is -1.32. The number of carbonyl (C=O) groups excluding carboxylic acids is 1. The second-order valence-corrected chi connectivity index (χ2v) is 2.87. The molecule has 0 atom stereocenters. The van der Waals surface area contributed by atoms with Gasteiger partial charge in [-0.25, -0.2) is 0 Å². The fourth-order valence-corrected chi connectivity index (χ4v) is 1.45. The summed E-state index contributed by atoms with van der Waals surface area (Å²) in [5, 5.41) is 3.68. The van der Waals surface area contributed by atoms with E-state index in [9.17, 15) is 4.79 Å². The molecule has 0 radical (unpaired) electrons. The predicted molar refractivity (Wildman–Crippen MR) is 45.3 cm³/mol. The fourth-order valence-electron chi connectivity index (χ4n) is 1.45. The largest absolute Gasteiger partial charge is 0.283 e. The van der Waals surface area contributed by atoms with Crippen molar-refractivity contribution in [2.24, 2.45) is 4.99 Å². The number of hydrogen-bond acceptors (Lipinski definition) is 3. The average Bonchev–Trinajstić information content (AvgIpc) is 2.53. The first kappa shape index (κ1) is 7.34. The highest BCUT2D eigenvalue weighted by Crippen LogP contribution is 2.13. The Morgan fingerprint density at radius 1 is 1.50 bits per heavy atom. The Morgan fingerprint density at radius 3 is 3.00 bits per heavy atom. The molecule has 0 aromatic rings. The molecule has 2 rings (SSSR count). The topological polar surface area (TPSA) is 35.9 Å². The van der Waals surface area contributed by atoms with Crippen LogP contribution in [0.25, 0.3) is 0 Å². The Balaban J connectivity index is 2.04. The van der Waals surface area contributed by atoms with Crippen LogP contribution in [-0.4, -0.2) is 35.2 Å². The van der Waals surface area contributed by atoms with E-state index in [1.807, 2.05) is 11.2 Å². The molecule has 12 heavy (non-hydrogen) atoms. The van der Waals surface area contributed by atoms with Crippen LogP contribution in [-0.2, 0) is 4.79 Å². The molecule has 1 fully saturated rings. The normalized spacial score (nSPS) is 22.5. The molecular formula is C8H11N3O. The van der Waals surface area contributed by atoms with Gasteiger partial charge in [0.15, 0.2) is 0 Å². The van der Waals surface area contributed by atoms with Gasteiger partial charge in [-0.05, 0) is 6.42 Å². The van der Waals surface area contributed by atoms with Crippen molar-refractivity contribution < 1.29 is 4.79 Å². The number of hydrogen-bond donors (Lipinski definition) is 0. The van der Waals surface area contributed by atoms with Crippen molar-refractivity contribution >= 4 is 12.1 Å². The molecule has 0 spiro atoms. The average molecular weight is 165 g/mol. The smallest absolute Gasteiger partial charge is 0.241 e. The van der Waals surface area contributed by atoms with Crippen molar-refractivity contribution in [2.75, 3.05) is 13.1 Å². The minimum Gasteiger partial charge on any atom is -0.283 e. The van der Waals surface area contributed by atoms with Crippen LogP contribution < -0.4 is 0 Å². The molecule has 2 heterocycles. The zero-order chi connectivity index (χ0) is 8.39. The van der Waals surface area contributed by atoms with Gasteiger partial charge < -0.3 is 0 Å². The van der Waals surface area contributed by atoms with Gasteiger partial charge in [-0.3, -0.25) is 19.8 Å². The van der Waals surface area contributed by atoms with Crippen molar-refractivity contribution in [3.8, 4) is 0 Å². The van der Waals surface area contributed by atoms with Gasteiger partial charge in [-0.1, -0.05) is 0 Å². The van der Waals surface area contributed by atoms with E-state index in [4.69, 9.17) is 0 Å². The van der Waals surface area contributed by atoms with Gasteiger partial charge in [0.1, 0.15) is 0 Å². The molecule has 2 aliphatic rings. The molecule has 2 aliphatic heterocycles. The van der Waals surface area contributed by atoms with Gasteiger partial charge in [0.25, 0.3) is 0 Å². The number of rotatable bonds is 1. The van der Waals surface area contributed by atoms with Crippen LogP contribution in [0.15, 0.2) is 17.4 Å². The zero-order valence-electron chi connectivity index (χ0n) is 6.81. The SMILES string of the molecule is O=C1CCCN1N1C=CN=CC1. The first-order chi connectivity index (χ1) is 5.88. The first-order valence-corrected chi connectivity index (χ1v) is 4.13. The van der Waals surface area contributed by atoms with Gasteiger partial charge in [0, 0.05) is 31.6 Å². The van der Waals surface area contributed by atoms with Crippen molar-refractivity contribution in [3.63, 3.8) is 0 Å². The molecule has 4 heteroatoms. The van der Waals surface area contributed by atoms with E-state index < -0.39 is 0 Å². The van der Waals surface area contributed by atoms with Gasteiger partial charge in [0.2, 0.25) is 5.91 Å². The molecule has 0 bridgehead atoms. The van der Waals surface area contributed by atoms with Crippen LogP contribution in [0.4, 0.5) is 0 Å². The molecule has 0 aromatic carbocycles. The molecule has 0 saturated carbocycles. The van der Waals surface area contributed by atoms with E-state index in [1.165, 1.54) is 0 Å². The predicted octanol–water partition coefficient (Wildman–Crippen LogP) is 0.381. The molecule has 0 unspecified atom stereocenters.